The average molecular weight is 307 g/mol. The van der Waals surface area contributed by atoms with Crippen molar-refractivity contribution in [2.75, 3.05) is 11.2 Å². The molecular formula is C14H18ClF3N2. The molecule has 1 heterocycles. The number of alkyl halides is 4. The van der Waals surface area contributed by atoms with Crippen LogP contribution in [0.5, 0.6) is 0 Å². The third kappa shape index (κ3) is 3.37. The highest BCUT2D eigenvalue weighted by Crippen LogP contribution is 2.39. The Kier molecular flexibility index (Phi) is 4.47. The lowest BCUT2D eigenvalue weighted by atomic mass is 9.77. The highest BCUT2D eigenvalue weighted by molar-refractivity contribution is 6.18. The quantitative estimate of drug-likeness (QED) is 0.819. The molecule has 2 rings (SSSR count). The largest absolute Gasteiger partial charge is 0.419 e. The molecule has 1 aliphatic rings. The molecule has 1 aromatic heterocycles. The summed E-state index contributed by atoms with van der Waals surface area (Å²) in [5, 5.41) is 2.99. The van der Waals surface area contributed by atoms with Crippen molar-refractivity contribution < 1.29 is 13.2 Å². The van der Waals surface area contributed by atoms with Crippen molar-refractivity contribution in [1.29, 1.82) is 0 Å². The monoisotopic (exact) mass is 306 g/mol. The fourth-order valence-corrected chi connectivity index (χ4v) is 3.22. The summed E-state index contributed by atoms with van der Waals surface area (Å²) in [7, 11) is 0. The van der Waals surface area contributed by atoms with E-state index in [-0.39, 0.29) is 11.7 Å². The number of anilines is 1. The van der Waals surface area contributed by atoms with E-state index in [9.17, 15) is 13.2 Å². The lowest BCUT2D eigenvalue weighted by Gasteiger charge is -2.40. The molecule has 1 N–H and O–H groups in total. The molecule has 2 nitrogen and oxygen atoms in total. The van der Waals surface area contributed by atoms with Gasteiger partial charge in [0.15, 0.2) is 0 Å². The van der Waals surface area contributed by atoms with Gasteiger partial charge < -0.3 is 5.32 Å². The average Bonchev–Trinajstić information content (AvgIpc) is 2.38. The van der Waals surface area contributed by atoms with Crippen molar-refractivity contribution in [3.8, 4) is 0 Å². The van der Waals surface area contributed by atoms with Crippen molar-refractivity contribution in [2.45, 2.75) is 44.3 Å². The van der Waals surface area contributed by atoms with Gasteiger partial charge in [-0.15, -0.1) is 11.6 Å². The van der Waals surface area contributed by atoms with Crippen LogP contribution in [0.1, 0.15) is 38.2 Å². The Bertz CT molecular complexity index is 464. The minimum absolute atomic E-state index is 0.116. The van der Waals surface area contributed by atoms with Crippen LogP contribution < -0.4 is 5.32 Å². The zero-order valence-corrected chi connectivity index (χ0v) is 12.1. The Morgan fingerprint density at radius 2 is 2.25 bits per heavy atom. The third-order valence-corrected chi connectivity index (χ3v) is 4.36. The van der Waals surface area contributed by atoms with Gasteiger partial charge in [0.2, 0.25) is 0 Å². The minimum Gasteiger partial charge on any atom is -0.363 e. The van der Waals surface area contributed by atoms with Gasteiger partial charge in [-0.25, -0.2) is 4.98 Å². The highest BCUT2D eigenvalue weighted by Gasteiger charge is 2.39. The van der Waals surface area contributed by atoms with Gasteiger partial charge in [0.05, 0.1) is 11.1 Å². The van der Waals surface area contributed by atoms with Gasteiger partial charge in [-0.2, -0.15) is 13.2 Å². The summed E-state index contributed by atoms with van der Waals surface area (Å²) >= 11 is 6.05. The van der Waals surface area contributed by atoms with Crippen LogP contribution in [0.3, 0.4) is 0 Å². The third-order valence-electron chi connectivity index (χ3n) is 3.84. The first-order valence-corrected chi connectivity index (χ1v) is 7.26. The zero-order chi connectivity index (χ0) is 14.8. The molecule has 0 amide bonds. The van der Waals surface area contributed by atoms with E-state index >= 15 is 0 Å². The summed E-state index contributed by atoms with van der Waals surface area (Å²) in [6.45, 7) is 2.10. The summed E-state index contributed by atoms with van der Waals surface area (Å²) in [6, 6.07) is 2.34. The van der Waals surface area contributed by atoms with E-state index in [1.807, 2.05) is 0 Å². The molecule has 2 unspecified atom stereocenters. The Balaban J connectivity index is 2.28. The maximum atomic E-state index is 13.0. The molecule has 1 aromatic rings. The van der Waals surface area contributed by atoms with E-state index in [2.05, 4.69) is 17.2 Å². The number of hydrogen-bond acceptors (Lipinski definition) is 2. The Morgan fingerprint density at radius 1 is 1.50 bits per heavy atom. The summed E-state index contributed by atoms with van der Waals surface area (Å²) in [5.74, 6) is 0.619. The van der Waals surface area contributed by atoms with Crippen LogP contribution in [0.2, 0.25) is 0 Å². The van der Waals surface area contributed by atoms with Crippen molar-refractivity contribution >= 4 is 17.4 Å². The predicted molar refractivity (Wildman–Crippen MR) is 73.9 cm³/mol. The van der Waals surface area contributed by atoms with E-state index in [1.54, 1.807) is 0 Å². The molecule has 0 saturated heterocycles. The molecule has 0 spiro atoms. The van der Waals surface area contributed by atoms with Gasteiger partial charge in [0.1, 0.15) is 5.82 Å². The molecule has 0 bridgehead atoms. The first-order valence-electron chi connectivity index (χ1n) is 6.73. The number of nitrogens with one attached hydrogen (secondary N) is 1. The molecule has 20 heavy (non-hydrogen) atoms. The molecule has 0 radical (unpaired) electrons. The molecule has 0 aliphatic heterocycles. The Hall–Kier alpha value is -0.970. The number of aromatic nitrogens is 1. The SMILES string of the molecule is CC1CCCC(CCl)(Nc2ncccc2C(F)(F)F)C1. The van der Waals surface area contributed by atoms with E-state index in [4.69, 9.17) is 11.6 Å². The number of nitrogens with zero attached hydrogens (tertiary/aromatic N) is 1. The molecule has 1 aliphatic carbocycles. The smallest absolute Gasteiger partial charge is 0.363 e. The summed E-state index contributed by atoms with van der Waals surface area (Å²) in [4.78, 5) is 3.87. The minimum atomic E-state index is -4.41. The number of rotatable bonds is 3. The number of halogens is 4. The lowest BCUT2D eigenvalue weighted by Crippen LogP contribution is -2.45. The zero-order valence-electron chi connectivity index (χ0n) is 11.3. The molecular weight excluding hydrogens is 289 g/mol. The molecule has 2 atom stereocenters. The standard InChI is InChI=1S/C14H18ClF3N2/c1-10-4-2-6-13(8-10,9-15)20-12-11(14(16,17)18)5-3-7-19-12/h3,5,7,10H,2,4,6,8-9H2,1H3,(H,19,20). The predicted octanol–water partition coefficient (Wildman–Crippen LogP) is 4.70. The van der Waals surface area contributed by atoms with E-state index in [0.29, 0.717) is 5.92 Å². The number of hydrogen-bond donors (Lipinski definition) is 1. The maximum absolute atomic E-state index is 13.0. The summed E-state index contributed by atoms with van der Waals surface area (Å²) in [6.07, 6.45) is 0.555. The summed E-state index contributed by atoms with van der Waals surface area (Å²) in [5.41, 5.74) is -1.23. The first kappa shape index (κ1) is 15.4. The van der Waals surface area contributed by atoms with Crippen LogP contribution in [0.4, 0.5) is 19.0 Å². The van der Waals surface area contributed by atoms with Crippen molar-refractivity contribution in [3.63, 3.8) is 0 Å². The van der Waals surface area contributed by atoms with Gasteiger partial charge in [0.25, 0.3) is 0 Å². The van der Waals surface area contributed by atoms with Crippen LogP contribution in [0.15, 0.2) is 18.3 Å². The van der Waals surface area contributed by atoms with Crippen LogP contribution in [-0.4, -0.2) is 16.4 Å². The van der Waals surface area contributed by atoms with Crippen LogP contribution >= 0.6 is 11.6 Å². The van der Waals surface area contributed by atoms with E-state index in [0.717, 1.165) is 31.7 Å². The van der Waals surface area contributed by atoms with E-state index < -0.39 is 17.3 Å². The topological polar surface area (TPSA) is 24.9 Å². The summed E-state index contributed by atoms with van der Waals surface area (Å²) < 4.78 is 39.0. The normalized spacial score (nSPS) is 27.4. The Labute approximate surface area is 121 Å². The molecule has 1 saturated carbocycles. The second kappa shape index (κ2) is 5.80. The van der Waals surface area contributed by atoms with Crippen LogP contribution in [0, 0.1) is 5.92 Å². The maximum Gasteiger partial charge on any atom is 0.419 e. The second-order valence-corrected chi connectivity index (χ2v) is 5.91. The second-order valence-electron chi connectivity index (χ2n) is 5.64. The fraction of sp³-hybridized carbons (Fsp3) is 0.643. The van der Waals surface area contributed by atoms with Crippen molar-refractivity contribution in [3.05, 3.63) is 23.9 Å². The van der Waals surface area contributed by atoms with Gasteiger partial charge in [0, 0.05) is 12.1 Å². The van der Waals surface area contributed by atoms with Gasteiger partial charge in [-0.05, 0) is 30.9 Å². The molecule has 6 heteroatoms. The van der Waals surface area contributed by atoms with Crippen LogP contribution in [0.25, 0.3) is 0 Å². The number of pyridine rings is 1. The van der Waals surface area contributed by atoms with Crippen LogP contribution in [-0.2, 0) is 6.18 Å². The first-order chi connectivity index (χ1) is 9.36. The lowest BCUT2D eigenvalue weighted by molar-refractivity contribution is -0.137. The van der Waals surface area contributed by atoms with Gasteiger partial charge >= 0.3 is 6.18 Å². The molecule has 1 fully saturated rings. The molecule has 0 aromatic carbocycles. The van der Waals surface area contributed by atoms with Gasteiger partial charge in [-0.1, -0.05) is 19.8 Å². The van der Waals surface area contributed by atoms with Crippen molar-refractivity contribution in [1.82, 2.24) is 4.98 Å². The Morgan fingerprint density at radius 3 is 2.85 bits per heavy atom. The van der Waals surface area contributed by atoms with Crippen molar-refractivity contribution in [2.24, 2.45) is 5.92 Å². The van der Waals surface area contributed by atoms with E-state index in [1.165, 1.54) is 12.3 Å². The fourth-order valence-electron chi connectivity index (χ4n) is 2.91. The van der Waals surface area contributed by atoms with Gasteiger partial charge in [-0.3, -0.25) is 0 Å². The molecule has 112 valence electrons. The highest BCUT2D eigenvalue weighted by atomic mass is 35.5.